The van der Waals surface area contributed by atoms with E-state index < -0.39 is 0 Å². The molecule has 1 saturated heterocycles. The van der Waals surface area contributed by atoms with Crippen LogP contribution < -0.4 is 5.73 Å². The molecule has 3 heteroatoms. The SMILES string of the molecule is CCC1CCCCCN1C(=O)c1ccc(N)cc1C. The van der Waals surface area contributed by atoms with Crippen LogP contribution in [0.25, 0.3) is 0 Å². The highest BCUT2D eigenvalue weighted by molar-refractivity contribution is 5.96. The summed E-state index contributed by atoms with van der Waals surface area (Å²) in [5.41, 5.74) is 8.26. The highest BCUT2D eigenvalue weighted by Gasteiger charge is 2.25. The number of nitrogen functional groups attached to an aromatic ring is 1. The van der Waals surface area contributed by atoms with Crippen molar-refractivity contribution in [1.82, 2.24) is 4.90 Å². The molecule has 1 amide bonds. The highest BCUT2D eigenvalue weighted by atomic mass is 16.2. The summed E-state index contributed by atoms with van der Waals surface area (Å²) in [5.74, 6) is 0.172. The van der Waals surface area contributed by atoms with Crippen LogP contribution in [0.3, 0.4) is 0 Å². The molecule has 0 spiro atoms. The van der Waals surface area contributed by atoms with E-state index in [1.54, 1.807) is 0 Å². The summed E-state index contributed by atoms with van der Waals surface area (Å²) in [6, 6.07) is 5.96. The molecule has 3 nitrogen and oxygen atoms in total. The van der Waals surface area contributed by atoms with Crippen molar-refractivity contribution >= 4 is 11.6 Å². The van der Waals surface area contributed by atoms with E-state index in [4.69, 9.17) is 5.73 Å². The van der Waals surface area contributed by atoms with Crippen LogP contribution in [0.2, 0.25) is 0 Å². The number of likely N-dealkylation sites (tertiary alicyclic amines) is 1. The third-order valence-corrected chi connectivity index (χ3v) is 4.09. The summed E-state index contributed by atoms with van der Waals surface area (Å²) in [6.45, 7) is 5.02. The van der Waals surface area contributed by atoms with Crippen LogP contribution >= 0.6 is 0 Å². The number of aryl methyl sites for hydroxylation is 1. The molecule has 0 aromatic heterocycles. The second-order valence-electron chi connectivity index (χ2n) is 5.48. The summed E-state index contributed by atoms with van der Waals surface area (Å²) in [6.07, 6.45) is 5.77. The zero-order valence-electron chi connectivity index (χ0n) is 12.0. The number of rotatable bonds is 2. The molecule has 0 radical (unpaired) electrons. The van der Waals surface area contributed by atoms with Crippen LogP contribution in [-0.4, -0.2) is 23.4 Å². The monoisotopic (exact) mass is 260 g/mol. The van der Waals surface area contributed by atoms with Crippen LogP contribution in [0.5, 0.6) is 0 Å². The number of amides is 1. The molecular formula is C16H24N2O. The van der Waals surface area contributed by atoms with Gasteiger partial charge in [0.25, 0.3) is 5.91 Å². The third kappa shape index (κ3) is 3.09. The smallest absolute Gasteiger partial charge is 0.254 e. The minimum atomic E-state index is 0.172. The number of carbonyl (C=O) groups excluding carboxylic acids is 1. The first-order chi connectivity index (χ1) is 9.13. The predicted octanol–water partition coefficient (Wildman–Crippen LogP) is 3.37. The standard InChI is InChI=1S/C16H24N2O/c1-3-14-7-5-4-6-10-18(14)16(19)15-9-8-13(17)11-12(15)2/h8-9,11,14H,3-7,10,17H2,1-2H3. The maximum absolute atomic E-state index is 12.7. The highest BCUT2D eigenvalue weighted by Crippen LogP contribution is 2.23. The van der Waals surface area contributed by atoms with Gasteiger partial charge in [-0.1, -0.05) is 19.8 Å². The Morgan fingerprint density at radius 3 is 2.84 bits per heavy atom. The summed E-state index contributed by atoms with van der Waals surface area (Å²) in [7, 11) is 0. The van der Waals surface area contributed by atoms with Crippen LogP contribution in [0.4, 0.5) is 5.69 Å². The van der Waals surface area contributed by atoms with Gasteiger partial charge < -0.3 is 10.6 Å². The maximum Gasteiger partial charge on any atom is 0.254 e. The number of nitrogens with two attached hydrogens (primary N) is 1. The molecule has 2 rings (SSSR count). The van der Waals surface area contributed by atoms with Gasteiger partial charge in [0.2, 0.25) is 0 Å². The molecular weight excluding hydrogens is 236 g/mol. The first kappa shape index (κ1) is 13.9. The Labute approximate surface area is 115 Å². The molecule has 0 saturated carbocycles. The van der Waals surface area contributed by atoms with Crippen molar-refractivity contribution < 1.29 is 4.79 Å². The van der Waals surface area contributed by atoms with Crippen LogP contribution in [0.1, 0.15) is 54.9 Å². The normalized spacial score (nSPS) is 20.1. The van der Waals surface area contributed by atoms with Gasteiger partial charge in [-0.05, 0) is 49.9 Å². The van der Waals surface area contributed by atoms with Crippen LogP contribution in [0, 0.1) is 6.92 Å². The second-order valence-corrected chi connectivity index (χ2v) is 5.48. The van der Waals surface area contributed by atoms with E-state index in [2.05, 4.69) is 11.8 Å². The topological polar surface area (TPSA) is 46.3 Å². The minimum absolute atomic E-state index is 0.172. The lowest BCUT2D eigenvalue weighted by molar-refractivity contribution is 0.0677. The van der Waals surface area contributed by atoms with Gasteiger partial charge in [0.1, 0.15) is 0 Å². The van der Waals surface area contributed by atoms with E-state index in [-0.39, 0.29) is 5.91 Å². The van der Waals surface area contributed by atoms with Crippen molar-refractivity contribution in [2.75, 3.05) is 12.3 Å². The lowest BCUT2D eigenvalue weighted by Crippen LogP contribution is -2.40. The Kier molecular flexibility index (Phi) is 4.46. The average molecular weight is 260 g/mol. The van der Waals surface area contributed by atoms with Crippen LogP contribution in [-0.2, 0) is 0 Å². The Bertz CT molecular complexity index is 456. The maximum atomic E-state index is 12.7. The fraction of sp³-hybridized carbons (Fsp3) is 0.562. The number of benzene rings is 1. The molecule has 0 aliphatic carbocycles. The van der Waals surface area contributed by atoms with Gasteiger partial charge in [-0.15, -0.1) is 0 Å². The fourth-order valence-electron chi connectivity index (χ4n) is 2.95. The summed E-state index contributed by atoms with van der Waals surface area (Å²) < 4.78 is 0. The molecule has 1 aromatic rings. The minimum Gasteiger partial charge on any atom is -0.399 e. The molecule has 1 aromatic carbocycles. The molecule has 19 heavy (non-hydrogen) atoms. The van der Waals surface area contributed by atoms with E-state index in [0.29, 0.717) is 6.04 Å². The first-order valence-electron chi connectivity index (χ1n) is 7.30. The van der Waals surface area contributed by atoms with Gasteiger partial charge >= 0.3 is 0 Å². The number of hydrogen-bond acceptors (Lipinski definition) is 2. The Balaban J connectivity index is 2.25. The van der Waals surface area contributed by atoms with E-state index in [1.807, 2.05) is 25.1 Å². The summed E-state index contributed by atoms with van der Waals surface area (Å²) in [4.78, 5) is 14.8. The molecule has 1 aliphatic heterocycles. The van der Waals surface area contributed by atoms with Gasteiger partial charge in [-0.25, -0.2) is 0 Å². The number of carbonyl (C=O) groups is 1. The molecule has 1 aliphatic rings. The molecule has 104 valence electrons. The average Bonchev–Trinajstić information content (AvgIpc) is 2.63. The van der Waals surface area contributed by atoms with E-state index >= 15 is 0 Å². The lowest BCUT2D eigenvalue weighted by atomic mass is 10.0. The molecule has 1 unspecified atom stereocenters. The predicted molar refractivity (Wildman–Crippen MR) is 79.2 cm³/mol. The van der Waals surface area contributed by atoms with E-state index in [0.717, 1.165) is 42.6 Å². The van der Waals surface area contributed by atoms with Crippen molar-refractivity contribution in [3.8, 4) is 0 Å². The van der Waals surface area contributed by atoms with Gasteiger partial charge in [0.15, 0.2) is 0 Å². The fourth-order valence-corrected chi connectivity index (χ4v) is 2.95. The quantitative estimate of drug-likeness (QED) is 0.829. The van der Waals surface area contributed by atoms with Gasteiger partial charge in [-0.2, -0.15) is 0 Å². The number of anilines is 1. The zero-order chi connectivity index (χ0) is 13.8. The van der Waals surface area contributed by atoms with Gasteiger partial charge in [-0.3, -0.25) is 4.79 Å². The van der Waals surface area contributed by atoms with Crippen molar-refractivity contribution in [3.63, 3.8) is 0 Å². The Morgan fingerprint density at radius 1 is 1.37 bits per heavy atom. The zero-order valence-corrected chi connectivity index (χ0v) is 12.0. The second kappa shape index (κ2) is 6.09. The summed E-state index contributed by atoms with van der Waals surface area (Å²) >= 11 is 0. The van der Waals surface area contributed by atoms with Crippen LogP contribution in [0.15, 0.2) is 18.2 Å². The van der Waals surface area contributed by atoms with Crippen molar-refractivity contribution in [3.05, 3.63) is 29.3 Å². The molecule has 1 atom stereocenters. The Morgan fingerprint density at radius 2 is 2.16 bits per heavy atom. The molecule has 2 N–H and O–H groups in total. The summed E-state index contributed by atoms with van der Waals surface area (Å²) in [5, 5.41) is 0. The van der Waals surface area contributed by atoms with Crippen molar-refractivity contribution in [2.24, 2.45) is 0 Å². The lowest BCUT2D eigenvalue weighted by Gasteiger charge is -2.30. The molecule has 1 heterocycles. The van der Waals surface area contributed by atoms with E-state index in [9.17, 15) is 4.79 Å². The molecule has 0 bridgehead atoms. The van der Waals surface area contributed by atoms with E-state index in [1.165, 1.54) is 12.8 Å². The molecule has 1 fully saturated rings. The number of nitrogens with zero attached hydrogens (tertiary/aromatic N) is 1. The van der Waals surface area contributed by atoms with Crippen molar-refractivity contribution in [1.29, 1.82) is 0 Å². The largest absolute Gasteiger partial charge is 0.399 e. The number of hydrogen-bond donors (Lipinski definition) is 1. The first-order valence-corrected chi connectivity index (χ1v) is 7.30. The Hall–Kier alpha value is -1.51. The van der Waals surface area contributed by atoms with Gasteiger partial charge in [0.05, 0.1) is 0 Å². The van der Waals surface area contributed by atoms with Crippen molar-refractivity contribution in [2.45, 2.75) is 52.0 Å². The van der Waals surface area contributed by atoms with Gasteiger partial charge in [0, 0.05) is 23.8 Å². The third-order valence-electron chi connectivity index (χ3n) is 4.09.